The predicted molar refractivity (Wildman–Crippen MR) is 105 cm³/mol. The molecule has 2 aromatic carbocycles. The van der Waals surface area contributed by atoms with Crippen molar-refractivity contribution < 1.29 is 0 Å². The molecule has 0 amide bonds. The third kappa shape index (κ3) is 3.56. The lowest BCUT2D eigenvalue weighted by Gasteiger charge is -2.27. The van der Waals surface area contributed by atoms with E-state index in [2.05, 4.69) is 58.1 Å². The number of H-pyrrole nitrogens is 1. The minimum Gasteiger partial charge on any atom is -0.294 e. The molecule has 3 heteroatoms. The van der Waals surface area contributed by atoms with Gasteiger partial charge in [0.2, 0.25) is 0 Å². The van der Waals surface area contributed by atoms with Gasteiger partial charge in [-0.1, -0.05) is 55.2 Å². The summed E-state index contributed by atoms with van der Waals surface area (Å²) in [5, 5.41) is 7.68. The van der Waals surface area contributed by atoms with Gasteiger partial charge in [0, 0.05) is 48.4 Å². The molecule has 4 rings (SSSR count). The standard InChI is InChI=1S/C23H23N3/c1-2-22-21-17-26(15-14-23(21)25-24-22)16-20-11-7-6-10-19(20)13-12-18-8-4-3-5-9-18/h3-11H,2,14-17H2,1H3,(H,24,25). The summed E-state index contributed by atoms with van der Waals surface area (Å²) in [6, 6.07) is 18.7. The summed E-state index contributed by atoms with van der Waals surface area (Å²) in [7, 11) is 0. The number of aryl methyl sites for hydroxylation is 1. The molecular weight excluding hydrogens is 318 g/mol. The fraction of sp³-hybridized carbons (Fsp3) is 0.261. The molecule has 0 bridgehead atoms. The van der Waals surface area contributed by atoms with E-state index in [-0.39, 0.29) is 0 Å². The van der Waals surface area contributed by atoms with Crippen LogP contribution in [0.25, 0.3) is 0 Å². The molecule has 0 fully saturated rings. The van der Waals surface area contributed by atoms with Gasteiger partial charge in [0.1, 0.15) is 0 Å². The van der Waals surface area contributed by atoms with Crippen LogP contribution in [-0.4, -0.2) is 21.6 Å². The van der Waals surface area contributed by atoms with Crippen LogP contribution in [0.3, 0.4) is 0 Å². The smallest absolute Gasteiger partial charge is 0.0667 e. The highest BCUT2D eigenvalue weighted by molar-refractivity contribution is 5.46. The fourth-order valence-electron chi connectivity index (χ4n) is 3.52. The molecule has 0 aliphatic carbocycles. The fourth-order valence-corrected chi connectivity index (χ4v) is 3.52. The first kappa shape index (κ1) is 16.6. The van der Waals surface area contributed by atoms with Crippen LogP contribution >= 0.6 is 0 Å². The SMILES string of the molecule is CCc1n[nH]c2c1CN(Cc1ccccc1C#Cc1ccccc1)CC2. The maximum Gasteiger partial charge on any atom is 0.0667 e. The Morgan fingerprint density at radius 2 is 1.85 bits per heavy atom. The molecule has 1 aliphatic heterocycles. The first-order valence-corrected chi connectivity index (χ1v) is 9.26. The van der Waals surface area contributed by atoms with Crippen molar-refractivity contribution in [1.29, 1.82) is 0 Å². The maximum absolute atomic E-state index is 4.46. The number of fused-ring (bicyclic) bond motifs is 1. The van der Waals surface area contributed by atoms with Crippen LogP contribution < -0.4 is 0 Å². The van der Waals surface area contributed by atoms with Gasteiger partial charge >= 0.3 is 0 Å². The van der Waals surface area contributed by atoms with Crippen LogP contribution in [0.2, 0.25) is 0 Å². The molecule has 1 N–H and O–H groups in total. The highest BCUT2D eigenvalue weighted by Crippen LogP contribution is 2.23. The number of rotatable bonds is 3. The summed E-state index contributed by atoms with van der Waals surface area (Å²) < 4.78 is 0. The summed E-state index contributed by atoms with van der Waals surface area (Å²) in [6.07, 6.45) is 2.03. The third-order valence-corrected chi connectivity index (χ3v) is 4.96. The first-order valence-electron chi connectivity index (χ1n) is 9.26. The Kier molecular flexibility index (Phi) is 4.86. The zero-order valence-electron chi connectivity index (χ0n) is 15.1. The van der Waals surface area contributed by atoms with E-state index < -0.39 is 0 Å². The lowest BCUT2D eigenvalue weighted by atomic mass is 10.0. The normalized spacial score (nSPS) is 13.7. The van der Waals surface area contributed by atoms with Crippen molar-refractivity contribution in [2.45, 2.75) is 32.9 Å². The monoisotopic (exact) mass is 341 g/mol. The molecule has 1 aliphatic rings. The second-order valence-electron chi connectivity index (χ2n) is 6.71. The van der Waals surface area contributed by atoms with Gasteiger partial charge in [-0.15, -0.1) is 0 Å². The molecule has 2 heterocycles. The number of hydrogen-bond donors (Lipinski definition) is 1. The van der Waals surface area contributed by atoms with Crippen molar-refractivity contribution in [2.24, 2.45) is 0 Å². The average Bonchev–Trinajstić information content (AvgIpc) is 3.10. The quantitative estimate of drug-likeness (QED) is 0.732. The van der Waals surface area contributed by atoms with E-state index >= 15 is 0 Å². The molecule has 26 heavy (non-hydrogen) atoms. The summed E-state index contributed by atoms with van der Waals surface area (Å²) in [5.74, 6) is 6.65. The lowest BCUT2D eigenvalue weighted by molar-refractivity contribution is 0.244. The highest BCUT2D eigenvalue weighted by atomic mass is 15.2. The first-order chi connectivity index (χ1) is 12.8. The van der Waals surface area contributed by atoms with E-state index in [4.69, 9.17) is 0 Å². The van der Waals surface area contributed by atoms with Crippen LogP contribution in [0.15, 0.2) is 54.6 Å². The number of aromatic amines is 1. The van der Waals surface area contributed by atoms with Gasteiger partial charge in [0.25, 0.3) is 0 Å². The second-order valence-corrected chi connectivity index (χ2v) is 6.71. The molecule has 130 valence electrons. The van der Waals surface area contributed by atoms with Crippen LogP contribution in [-0.2, 0) is 25.9 Å². The summed E-state index contributed by atoms with van der Waals surface area (Å²) in [4.78, 5) is 2.50. The molecular formula is C23H23N3. The van der Waals surface area contributed by atoms with E-state index in [0.29, 0.717) is 0 Å². The van der Waals surface area contributed by atoms with Crippen LogP contribution in [0, 0.1) is 11.8 Å². The van der Waals surface area contributed by atoms with Gasteiger partial charge in [-0.3, -0.25) is 10.00 Å². The summed E-state index contributed by atoms with van der Waals surface area (Å²) in [5.41, 5.74) is 7.38. The molecule has 0 spiro atoms. The van der Waals surface area contributed by atoms with E-state index in [1.807, 2.05) is 30.3 Å². The molecule has 3 nitrogen and oxygen atoms in total. The van der Waals surface area contributed by atoms with E-state index in [0.717, 1.165) is 43.6 Å². The van der Waals surface area contributed by atoms with Crippen LogP contribution in [0.4, 0.5) is 0 Å². The topological polar surface area (TPSA) is 31.9 Å². The van der Waals surface area contributed by atoms with Crippen molar-refractivity contribution in [1.82, 2.24) is 15.1 Å². The Balaban J connectivity index is 1.54. The number of benzene rings is 2. The minimum atomic E-state index is 0.924. The van der Waals surface area contributed by atoms with E-state index in [1.165, 1.54) is 22.5 Å². The maximum atomic E-state index is 4.46. The van der Waals surface area contributed by atoms with Gasteiger partial charge in [-0.25, -0.2) is 0 Å². The van der Waals surface area contributed by atoms with Crippen LogP contribution in [0.1, 0.15) is 40.6 Å². The zero-order valence-corrected chi connectivity index (χ0v) is 15.1. The molecule has 0 unspecified atom stereocenters. The molecule has 3 aromatic rings. The van der Waals surface area contributed by atoms with Gasteiger partial charge in [0.05, 0.1) is 5.69 Å². The third-order valence-electron chi connectivity index (χ3n) is 4.96. The van der Waals surface area contributed by atoms with E-state index in [1.54, 1.807) is 0 Å². The van der Waals surface area contributed by atoms with E-state index in [9.17, 15) is 0 Å². The zero-order chi connectivity index (χ0) is 17.8. The molecule has 0 saturated carbocycles. The average molecular weight is 341 g/mol. The Morgan fingerprint density at radius 1 is 1.04 bits per heavy atom. The van der Waals surface area contributed by atoms with Crippen molar-refractivity contribution in [2.75, 3.05) is 6.54 Å². The lowest BCUT2D eigenvalue weighted by Crippen LogP contribution is -2.30. The molecule has 0 saturated heterocycles. The molecule has 0 radical (unpaired) electrons. The highest BCUT2D eigenvalue weighted by Gasteiger charge is 2.21. The number of nitrogens with zero attached hydrogens (tertiary/aromatic N) is 2. The molecule has 0 atom stereocenters. The van der Waals surface area contributed by atoms with Gasteiger partial charge < -0.3 is 0 Å². The number of nitrogens with one attached hydrogen (secondary N) is 1. The second kappa shape index (κ2) is 7.59. The summed E-state index contributed by atoms with van der Waals surface area (Å²) >= 11 is 0. The van der Waals surface area contributed by atoms with Gasteiger partial charge in [0.15, 0.2) is 0 Å². The van der Waals surface area contributed by atoms with Gasteiger partial charge in [-0.05, 0) is 30.2 Å². The largest absolute Gasteiger partial charge is 0.294 e. The summed E-state index contributed by atoms with van der Waals surface area (Å²) in [6.45, 7) is 5.12. The molecule has 1 aromatic heterocycles. The van der Waals surface area contributed by atoms with Crippen LogP contribution in [0.5, 0.6) is 0 Å². The van der Waals surface area contributed by atoms with Crippen molar-refractivity contribution in [3.05, 3.63) is 88.2 Å². The minimum absolute atomic E-state index is 0.924. The number of aromatic nitrogens is 2. The van der Waals surface area contributed by atoms with Crippen molar-refractivity contribution >= 4 is 0 Å². The predicted octanol–water partition coefficient (Wildman–Crippen LogP) is 3.93. The van der Waals surface area contributed by atoms with Crippen molar-refractivity contribution in [3.63, 3.8) is 0 Å². The van der Waals surface area contributed by atoms with Gasteiger partial charge in [-0.2, -0.15) is 5.10 Å². The Bertz CT molecular complexity index is 931. The Morgan fingerprint density at radius 3 is 2.69 bits per heavy atom. The Labute approximate surface area is 155 Å². The van der Waals surface area contributed by atoms with Crippen molar-refractivity contribution in [3.8, 4) is 11.8 Å². The number of hydrogen-bond acceptors (Lipinski definition) is 2. The Hall–Kier alpha value is -2.83.